The maximum Gasteiger partial charge on any atom is 0.487 e. The van der Waals surface area contributed by atoms with E-state index in [2.05, 4.69) is 140 Å². The first-order valence-corrected chi connectivity index (χ1v) is 32.7. The van der Waals surface area contributed by atoms with Crippen molar-refractivity contribution in [3.05, 3.63) is 112 Å². The molecule has 3 aromatic carbocycles. The second kappa shape index (κ2) is 25.0. The Bertz CT molecular complexity index is 3770. The van der Waals surface area contributed by atoms with Crippen molar-refractivity contribution < 1.29 is 75.7 Å². The molecule has 7 N–H and O–H groups in total. The van der Waals surface area contributed by atoms with Gasteiger partial charge in [0.1, 0.15) is 42.7 Å². The number of aliphatic hydroxyl groups is 2. The van der Waals surface area contributed by atoms with Gasteiger partial charge in [-0.1, -0.05) is 37.1 Å². The lowest BCUT2D eigenvalue weighted by Crippen LogP contribution is -2.49. The highest BCUT2D eigenvalue weighted by Gasteiger charge is 2.47. The Morgan fingerprint density at radius 3 is 2.27 bits per heavy atom. The number of aliphatic hydroxyl groups excluding tert-OH is 2. The maximum atomic E-state index is 14.7. The Kier molecular flexibility index (Phi) is 18.7. The van der Waals surface area contributed by atoms with Gasteiger partial charge in [-0.25, -0.2) is 33.0 Å². The zero-order valence-electron chi connectivity index (χ0n) is 48.9. The van der Waals surface area contributed by atoms with E-state index in [-0.39, 0.29) is 35.0 Å². The van der Waals surface area contributed by atoms with Crippen LogP contribution < -0.4 is 40.3 Å². The van der Waals surface area contributed by atoms with Crippen LogP contribution in [0.3, 0.4) is 0 Å². The lowest BCUT2D eigenvalue weighted by atomic mass is 9.83. The Morgan fingerprint density at radius 2 is 1.55 bits per heavy atom. The quantitative estimate of drug-likeness (QED) is 0.0211. The minimum atomic E-state index is -5.86. The van der Waals surface area contributed by atoms with Crippen LogP contribution in [0.2, 0.25) is 0 Å². The first-order valence-electron chi connectivity index (χ1n) is 28.2. The average molecular weight is 1230 g/mol. The molecule has 0 radical (unpaired) electrons. The Labute approximate surface area is 492 Å². The van der Waals surface area contributed by atoms with E-state index in [4.69, 9.17) is 14.4 Å². The number of nitrogens with zero attached hydrogens (tertiary/aromatic N) is 7. The van der Waals surface area contributed by atoms with E-state index in [1.165, 1.54) is 28.4 Å². The highest BCUT2D eigenvalue weighted by Crippen LogP contribution is 2.65. The molecule has 4 aliphatic heterocycles. The molecule has 458 valence electrons. The third-order valence-electron chi connectivity index (χ3n) is 15.7. The fraction of sp³-hybridized carbons (Fsp3) is 0.474. The topological polar surface area (TPSA) is 333 Å². The third kappa shape index (κ3) is 13.7. The molecule has 25 nitrogen and oxygen atoms in total. The van der Waals surface area contributed by atoms with Crippen molar-refractivity contribution in [3.8, 4) is 11.5 Å². The summed E-state index contributed by atoms with van der Waals surface area (Å²) < 4.78 is 62.8. The van der Waals surface area contributed by atoms with Gasteiger partial charge in [0.15, 0.2) is 28.7 Å². The van der Waals surface area contributed by atoms with Gasteiger partial charge < -0.3 is 59.7 Å². The minimum absolute atomic E-state index is 0.0987. The molecule has 5 aromatic rings. The number of carbonyl (C=O) groups excluding carboxylic acids is 2. The molecule has 3 unspecified atom stereocenters. The van der Waals surface area contributed by atoms with Crippen LogP contribution in [0.25, 0.3) is 27.9 Å². The smallest absolute Gasteiger partial charge is 0.487 e. The number of imidazole rings is 1. The van der Waals surface area contributed by atoms with Crippen LogP contribution in [0.4, 0.5) is 11.5 Å². The molecule has 9 rings (SSSR count). The van der Waals surface area contributed by atoms with Gasteiger partial charge in [0.2, 0.25) is 11.3 Å². The van der Waals surface area contributed by atoms with Gasteiger partial charge in [-0.05, 0) is 102 Å². The highest BCUT2D eigenvalue weighted by molar-refractivity contribution is 7.66. The van der Waals surface area contributed by atoms with Crippen LogP contribution in [0.15, 0.2) is 73.3 Å². The number of aromatic nitrogens is 4. The van der Waals surface area contributed by atoms with Crippen molar-refractivity contribution in [2.45, 2.75) is 130 Å². The number of likely N-dealkylation sites (N-methyl/N-ethyl adjacent to an activating group) is 2. The van der Waals surface area contributed by atoms with Gasteiger partial charge in [-0.2, -0.15) is 4.31 Å². The maximum absolute atomic E-state index is 14.7. The van der Waals surface area contributed by atoms with E-state index in [1.807, 2.05) is 24.3 Å². The number of nitrogens with one attached hydrogen (secondary N) is 2. The SMILES string of the molecule is CCN1c2cc3c(cc2C(C)=CC1(C)C)C(c1ccccc1C(=O)N(C)CCCC(=O)NCCCCCCNc1ncnc2c1ncn2[C@@H]1O[C@H](COP(=O)(O)OP(=O)(O)OP(=O)([O-])O)[C@@H](O)[C@H]1O)=c1cc2c(cc1O3)=[N+](CC)C(C)(C)C=C2C. The van der Waals surface area contributed by atoms with Crippen molar-refractivity contribution in [3.63, 3.8) is 0 Å². The molecule has 7 atom stereocenters. The van der Waals surface area contributed by atoms with Crippen LogP contribution in [-0.4, -0.2) is 137 Å². The van der Waals surface area contributed by atoms with Crippen LogP contribution in [0.5, 0.6) is 11.5 Å². The number of phosphoric acid groups is 3. The molecule has 0 aliphatic carbocycles. The number of rotatable bonds is 24. The van der Waals surface area contributed by atoms with Gasteiger partial charge in [0.25, 0.3) is 13.7 Å². The number of carbonyl (C=O) groups is 2. The predicted molar refractivity (Wildman–Crippen MR) is 316 cm³/mol. The number of allylic oxidation sites excluding steroid dienone is 2. The summed E-state index contributed by atoms with van der Waals surface area (Å²) in [5.74, 6) is 1.58. The summed E-state index contributed by atoms with van der Waals surface area (Å²) in [4.78, 5) is 83.3. The Morgan fingerprint density at radius 1 is 0.835 bits per heavy atom. The van der Waals surface area contributed by atoms with Gasteiger partial charge >= 0.3 is 15.6 Å². The van der Waals surface area contributed by atoms with Crippen molar-refractivity contribution in [2.24, 2.45) is 0 Å². The minimum Gasteiger partial charge on any atom is -0.756 e. The van der Waals surface area contributed by atoms with E-state index >= 15 is 0 Å². The number of benzene rings is 3. The highest BCUT2D eigenvalue weighted by atomic mass is 31.3. The number of anilines is 2. The van der Waals surface area contributed by atoms with E-state index in [9.17, 15) is 48.2 Å². The summed E-state index contributed by atoms with van der Waals surface area (Å²) in [6.07, 6.45) is 4.73. The number of hydrogen-bond acceptors (Lipinski definition) is 18. The fourth-order valence-electron chi connectivity index (χ4n) is 12.0. The zero-order chi connectivity index (χ0) is 61.6. The van der Waals surface area contributed by atoms with Crippen LogP contribution >= 0.6 is 23.5 Å². The molecule has 0 saturated carbocycles. The van der Waals surface area contributed by atoms with Crippen LogP contribution in [0.1, 0.15) is 133 Å². The number of hydrogen-bond donors (Lipinski definition) is 7. The molecule has 1 fully saturated rings. The molecule has 6 heterocycles. The number of fused-ring (bicyclic) bond motifs is 5. The van der Waals surface area contributed by atoms with Crippen molar-refractivity contribution in [1.29, 1.82) is 0 Å². The lowest BCUT2D eigenvalue weighted by Gasteiger charge is -2.43. The van der Waals surface area contributed by atoms with Crippen molar-refractivity contribution in [2.75, 3.05) is 56.6 Å². The summed E-state index contributed by atoms with van der Waals surface area (Å²) in [6, 6.07) is 16.6. The largest absolute Gasteiger partial charge is 0.756 e. The van der Waals surface area contributed by atoms with Crippen molar-refractivity contribution in [1.82, 2.24) is 34.3 Å². The molecule has 85 heavy (non-hydrogen) atoms. The first-order chi connectivity index (χ1) is 40.0. The summed E-state index contributed by atoms with van der Waals surface area (Å²) in [7, 11) is -15.5. The standard InChI is InChI=1S/C57H74N9O16P3/c1-10-65-42-27-44-40(25-38(42)34(3)29-56(65,5)6)48(41-26-39-35(4)30-57(7,8)66(11-2)43(39)28-45(41)79-44)36-19-14-15-20-37(36)54(70)63(9)24-18-21-47(67)58-22-16-12-13-17-23-59-52-49-53(61-32-60-52)64(33-62-49)55-51(69)50(68)46(80-55)31-78-84(74,75)82-85(76,77)81-83(71,72)73/h14-15,19-20,25-30,32-33,46,50-51,55,68-69H,10-13,16-18,21-24,31H2,1-9H3,(H5-,58,59,60,61,67,71,72,73,74,75,76,77)/t46-,50-,51-,55-/m1/s1. The number of amides is 2. The number of unbranched alkanes of at least 4 members (excludes halogenated alkanes) is 3. The summed E-state index contributed by atoms with van der Waals surface area (Å²) in [5.41, 5.74) is 8.97. The summed E-state index contributed by atoms with van der Waals surface area (Å²) in [5, 5.41) is 29.7. The van der Waals surface area contributed by atoms with Gasteiger partial charge in [0.05, 0.1) is 24.5 Å². The first kappa shape index (κ1) is 63.5. The summed E-state index contributed by atoms with van der Waals surface area (Å²) in [6.45, 7) is 19.5. The zero-order valence-corrected chi connectivity index (χ0v) is 51.6. The summed E-state index contributed by atoms with van der Waals surface area (Å²) >= 11 is 0. The van der Waals surface area contributed by atoms with E-state index in [0.717, 1.165) is 94.4 Å². The second-order valence-electron chi connectivity index (χ2n) is 22.7. The molecular formula is C57H74N9O16P3. The average Bonchev–Trinajstić information content (AvgIpc) is 1.41. The van der Waals surface area contributed by atoms with Gasteiger partial charge in [-0.15, -0.1) is 0 Å². The van der Waals surface area contributed by atoms with E-state index in [1.54, 1.807) is 11.9 Å². The molecule has 0 spiro atoms. The van der Waals surface area contributed by atoms with Crippen LogP contribution in [-0.2, 0) is 36.4 Å². The molecular weight excluding hydrogens is 1160 g/mol. The number of ether oxygens (including phenoxy) is 2. The van der Waals surface area contributed by atoms with Gasteiger partial charge in [-0.3, -0.25) is 23.2 Å². The molecule has 4 aliphatic rings. The van der Waals surface area contributed by atoms with Gasteiger partial charge in [0, 0.05) is 98.3 Å². The monoisotopic (exact) mass is 1230 g/mol. The fourth-order valence-corrected chi connectivity index (χ4v) is 15.0. The molecule has 28 heteroatoms. The number of phosphoric ester groups is 1. The third-order valence-corrected chi connectivity index (χ3v) is 19.5. The van der Waals surface area contributed by atoms with Crippen molar-refractivity contribution >= 4 is 74.7 Å². The molecule has 2 aromatic heterocycles. The molecule has 1 saturated heterocycles. The lowest BCUT2D eigenvalue weighted by molar-refractivity contribution is -0.212. The Balaban J connectivity index is 0.775. The second-order valence-corrected chi connectivity index (χ2v) is 27.1. The predicted octanol–water partition coefficient (Wildman–Crippen LogP) is 5.88. The van der Waals surface area contributed by atoms with Crippen LogP contribution in [0, 0.1) is 0 Å². The molecule has 2 amide bonds. The normalized spacial score (nSPS) is 21.5. The molecule has 0 bridgehead atoms. The Hall–Kier alpha value is -6.01. The van der Waals surface area contributed by atoms with E-state index in [0.29, 0.717) is 43.0 Å². The van der Waals surface area contributed by atoms with E-state index < -0.39 is 54.6 Å².